The third-order valence-corrected chi connectivity index (χ3v) is 11.9. The number of piperazine rings is 1. The van der Waals surface area contributed by atoms with Crippen LogP contribution in [0.4, 0.5) is 37.9 Å². The molecular formula is C36H48F2N12O5S. The van der Waals surface area contributed by atoms with Crippen LogP contribution in [0.1, 0.15) is 44.3 Å². The van der Waals surface area contributed by atoms with Gasteiger partial charge in [-0.1, -0.05) is 4.98 Å². The van der Waals surface area contributed by atoms with Crippen molar-refractivity contribution in [3.63, 3.8) is 0 Å². The Bertz CT molecular complexity index is 2100. The van der Waals surface area contributed by atoms with Gasteiger partial charge in [-0.15, -0.1) is 0 Å². The topological polar surface area (TPSA) is 173 Å². The van der Waals surface area contributed by atoms with Crippen LogP contribution in [-0.2, 0) is 21.8 Å². The zero-order valence-electron chi connectivity index (χ0n) is 31.8. The number of aromatic nitrogens is 6. The first kappa shape index (κ1) is 39.3. The predicted molar refractivity (Wildman–Crippen MR) is 209 cm³/mol. The molecule has 0 aromatic carbocycles. The summed E-state index contributed by atoms with van der Waals surface area (Å²) in [5, 5.41) is 16.0. The summed E-state index contributed by atoms with van der Waals surface area (Å²) >= 11 is 0. The van der Waals surface area contributed by atoms with E-state index >= 15 is 0 Å². The normalized spacial score (nSPS) is 20.3. The van der Waals surface area contributed by atoms with Gasteiger partial charge in [0.15, 0.2) is 0 Å². The number of morpholine rings is 1. The number of nitrogens with one attached hydrogen (secondary N) is 1. The van der Waals surface area contributed by atoms with Crippen LogP contribution in [0.15, 0.2) is 36.9 Å². The van der Waals surface area contributed by atoms with Crippen molar-refractivity contribution < 1.29 is 31.4 Å². The van der Waals surface area contributed by atoms with Crippen LogP contribution >= 0.6 is 0 Å². The van der Waals surface area contributed by atoms with Gasteiger partial charge in [-0.05, 0) is 38.7 Å². The summed E-state index contributed by atoms with van der Waals surface area (Å²) < 4.78 is 67.7. The number of hydrogen-bond acceptors (Lipinski definition) is 14. The Kier molecular flexibility index (Phi) is 11.7. The lowest BCUT2D eigenvalue weighted by Crippen LogP contribution is -2.47. The summed E-state index contributed by atoms with van der Waals surface area (Å²) in [4.78, 5) is 28.9. The molecule has 20 heteroatoms. The highest BCUT2D eigenvalue weighted by molar-refractivity contribution is 7.92. The molecule has 2 aliphatic heterocycles. The van der Waals surface area contributed by atoms with Crippen LogP contribution in [0, 0.1) is 5.21 Å². The van der Waals surface area contributed by atoms with Gasteiger partial charge in [-0.2, -0.15) is 4.98 Å². The molecule has 0 radical (unpaired) electrons. The van der Waals surface area contributed by atoms with E-state index in [2.05, 4.69) is 36.8 Å². The van der Waals surface area contributed by atoms with Gasteiger partial charge in [-0.3, -0.25) is 18.9 Å². The maximum absolute atomic E-state index is 13.4. The summed E-state index contributed by atoms with van der Waals surface area (Å²) in [7, 11) is -2.22. The van der Waals surface area contributed by atoms with Crippen molar-refractivity contribution in [2.45, 2.75) is 57.2 Å². The highest BCUT2D eigenvalue weighted by atomic mass is 32.2. The number of alkyl halides is 2. The Hall–Kier alpha value is -4.95. The smallest absolute Gasteiger partial charge is 0.398 e. The average Bonchev–Trinajstić information content (AvgIpc) is 3.57. The van der Waals surface area contributed by atoms with E-state index in [4.69, 9.17) is 19.4 Å². The summed E-state index contributed by atoms with van der Waals surface area (Å²) in [6.07, 6.45) is 8.22. The number of halogens is 2. The number of fused-ring (bicyclic) bond motifs is 1. The van der Waals surface area contributed by atoms with E-state index in [0.29, 0.717) is 97.2 Å². The molecule has 1 atom stereocenters. The second-order valence-corrected chi connectivity index (χ2v) is 16.3. The van der Waals surface area contributed by atoms with E-state index < -0.39 is 22.5 Å². The fourth-order valence-corrected chi connectivity index (χ4v) is 8.86. The highest BCUT2D eigenvalue weighted by Gasteiger charge is 2.32. The van der Waals surface area contributed by atoms with Crippen LogP contribution in [0.5, 0.6) is 5.88 Å². The molecule has 56 heavy (non-hydrogen) atoms. The lowest BCUT2D eigenvalue weighted by molar-refractivity contribution is -0.362. The maximum atomic E-state index is 13.4. The quantitative estimate of drug-likeness (QED) is 0.0901. The first-order valence-corrected chi connectivity index (χ1v) is 20.6. The summed E-state index contributed by atoms with van der Waals surface area (Å²) in [6.45, 7) is 9.78. The van der Waals surface area contributed by atoms with Gasteiger partial charge >= 0.3 is 5.95 Å². The van der Waals surface area contributed by atoms with Gasteiger partial charge in [0.25, 0.3) is 6.43 Å². The molecule has 2 saturated heterocycles. The Morgan fingerprint density at radius 3 is 2.32 bits per heavy atom. The predicted octanol–water partition coefficient (Wildman–Crippen LogP) is 3.55. The molecule has 7 rings (SSSR count). The molecule has 302 valence electrons. The van der Waals surface area contributed by atoms with Crippen molar-refractivity contribution in [3.8, 4) is 5.88 Å². The highest BCUT2D eigenvalue weighted by Crippen LogP contribution is 2.37. The molecule has 1 unspecified atom stereocenters. The average molecular weight is 799 g/mol. The second-order valence-electron chi connectivity index (χ2n) is 14.5. The van der Waals surface area contributed by atoms with Gasteiger partial charge in [0.1, 0.15) is 23.8 Å². The van der Waals surface area contributed by atoms with E-state index in [9.17, 15) is 22.4 Å². The zero-order chi connectivity index (χ0) is 39.6. The molecule has 0 spiro atoms. The lowest BCUT2D eigenvalue weighted by Gasteiger charge is -2.35. The number of nitrogens with zero attached hydrogens (tertiary/aromatic N) is 11. The van der Waals surface area contributed by atoms with E-state index in [-0.39, 0.29) is 24.6 Å². The van der Waals surface area contributed by atoms with Gasteiger partial charge in [-0.25, -0.2) is 31.7 Å². The van der Waals surface area contributed by atoms with Gasteiger partial charge < -0.3 is 29.8 Å². The van der Waals surface area contributed by atoms with Gasteiger partial charge in [0.2, 0.25) is 21.9 Å². The van der Waals surface area contributed by atoms with Crippen molar-refractivity contribution in [1.29, 1.82) is 0 Å². The minimum atomic E-state index is -3.86. The van der Waals surface area contributed by atoms with Crippen LogP contribution in [0.2, 0.25) is 0 Å². The van der Waals surface area contributed by atoms with Crippen LogP contribution in [-0.4, -0.2) is 138 Å². The molecule has 0 amide bonds. The summed E-state index contributed by atoms with van der Waals surface area (Å²) in [5.41, 5.74) is 2.27. The van der Waals surface area contributed by atoms with Gasteiger partial charge in [0, 0.05) is 58.1 Å². The van der Waals surface area contributed by atoms with Crippen molar-refractivity contribution in [2.75, 3.05) is 84.7 Å². The molecule has 1 N–H and O–H groups in total. The van der Waals surface area contributed by atoms with E-state index in [0.717, 1.165) is 37.6 Å². The molecule has 0 bridgehead atoms. The van der Waals surface area contributed by atoms with Crippen LogP contribution < -0.4 is 24.2 Å². The summed E-state index contributed by atoms with van der Waals surface area (Å²) in [5.74, 6) is 1.64. The zero-order valence-corrected chi connectivity index (χ0v) is 32.6. The molecule has 1 saturated carbocycles. The Morgan fingerprint density at radius 2 is 1.70 bits per heavy atom. The molecule has 1 aliphatic carbocycles. The van der Waals surface area contributed by atoms with Gasteiger partial charge in [0.05, 0.1) is 80.0 Å². The molecule has 4 aromatic rings. The van der Waals surface area contributed by atoms with E-state index in [1.165, 1.54) is 21.3 Å². The minimum Gasteiger partial charge on any atom is -0.741 e. The third-order valence-electron chi connectivity index (χ3n) is 10.6. The SMILES string of the molecule is C=[N+]([O-])c1ncc(C(C)N(c2cnc3cc(N4CCOCC4)nc(O[C@H]4CC[C@@H](Nc5ncc(N6CCN(CC(F)F)CC6)cn5)CC4)c3c2)S(C)(=O)=O)n1C. The Morgan fingerprint density at radius 1 is 1.00 bits per heavy atom. The van der Waals surface area contributed by atoms with Crippen molar-refractivity contribution >= 4 is 56.7 Å². The number of rotatable bonds is 13. The Balaban J connectivity index is 1.07. The lowest BCUT2D eigenvalue weighted by atomic mass is 9.93. The number of ether oxygens (including phenoxy) is 2. The number of anilines is 4. The number of hydrogen-bond donors (Lipinski definition) is 1. The molecule has 3 aliphatic rings. The monoisotopic (exact) mass is 798 g/mol. The maximum Gasteiger partial charge on any atom is 0.398 e. The number of imidazole rings is 1. The largest absolute Gasteiger partial charge is 0.741 e. The van der Waals surface area contributed by atoms with Crippen LogP contribution in [0.3, 0.4) is 0 Å². The van der Waals surface area contributed by atoms with Crippen molar-refractivity contribution in [2.24, 2.45) is 7.05 Å². The van der Waals surface area contributed by atoms with Crippen LogP contribution in [0.25, 0.3) is 10.9 Å². The van der Waals surface area contributed by atoms with E-state index in [1.807, 2.05) is 6.07 Å². The number of pyridine rings is 2. The van der Waals surface area contributed by atoms with Crippen molar-refractivity contribution in [3.05, 3.63) is 47.8 Å². The molecule has 17 nitrogen and oxygen atoms in total. The molecule has 3 fully saturated rings. The second kappa shape index (κ2) is 16.6. The summed E-state index contributed by atoms with van der Waals surface area (Å²) in [6, 6.07) is 3.00. The first-order valence-electron chi connectivity index (χ1n) is 18.8. The molecule has 6 heterocycles. The molecule has 4 aromatic heterocycles. The first-order chi connectivity index (χ1) is 26.8. The minimum absolute atomic E-state index is 0.0420. The number of sulfonamides is 1. The Labute approximate surface area is 324 Å². The third kappa shape index (κ3) is 8.86. The fourth-order valence-electron chi connectivity index (χ4n) is 7.70. The fraction of sp³-hybridized carbons (Fsp3) is 0.556. The standard InChI is InChI=1S/C36H48F2N12O5S/c1-24(31-22-42-36(45(31)2)46(3)51)50(56(4,52)53)26-17-29-30(39-19-26)18-33(49-13-15-54-16-14-49)44-34(29)55-28-7-5-25(6-8-28)43-35-40-20-27(21-41-35)48-11-9-47(10-12-48)23-32(37)38/h17-22,24-25,28,32H,3,5-16,23H2,1-2,4H3,(H,40,41,43)/t24?,25-,28+. The van der Waals surface area contributed by atoms with E-state index in [1.54, 1.807) is 37.3 Å². The molecular weight excluding hydrogens is 751 g/mol. The van der Waals surface area contributed by atoms with Crippen molar-refractivity contribution in [1.82, 2.24) is 34.4 Å².